The average molecular weight is 206 g/mol. The standard InChI is InChI=1S/C10H20F2N2/c11-10(12)7-14-9(6-13)8-4-2-1-3-5-8/h8-10,14H,1-7,13H2. The molecule has 0 aromatic rings. The van der Waals surface area contributed by atoms with Crippen molar-refractivity contribution in [3.63, 3.8) is 0 Å². The Bertz CT molecular complexity index is 147. The zero-order valence-electron chi connectivity index (χ0n) is 8.52. The number of hydrogen-bond donors (Lipinski definition) is 2. The smallest absolute Gasteiger partial charge is 0.250 e. The normalized spacial score (nSPS) is 21.4. The van der Waals surface area contributed by atoms with Gasteiger partial charge in [-0.3, -0.25) is 0 Å². The Morgan fingerprint density at radius 3 is 2.36 bits per heavy atom. The highest BCUT2D eigenvalue weighted by molar-refractivity contribution is 4.80. The van der Waals surface area contributed by atoms with Crippen molar-refractivity contribution in [1.29, 1.82) is 0 Å². The zero-order valence-corrected chi connectivity index (χ0v) is 8.52. The number of nitrogens with one attached hydrogen (secondary N) is 1. The largest absolute Gasteiger partial charge is 0.329 e. The number of nitrogens with two attached hydrogens (primary N) is 1. The van der Waals surface area contributed by atoms with Crippen molar-refractivity contribution in [2.24, 2.45) is 11.7 Å². The topological polar surface area (TPSA) is 38.0 Å². The fraction of sp³-hybridized carbons (Fsp3) is 1.00. The molecule has 1 atom stereocenters. The maximum absolute atomic E-state index is 12.0. The molecule has 1 fully saturated rings. The lowest BCUT2D eigenvalue weighted by Gasteiger charge is -2.30. The molecule has 0 bridgehead atoms. The van der Waals surface area contributed by atoms with E-state index in [2.05, 4.69) is 5.32 Å². The molecule has 0 aromatic carbocycles. The quantitative estimate of drug-likeness (QED) is 0.719. The van der Waals surface area contributed by atoms with E-state index in [0.717, 1.165) is 12.8 Å². The number of alkyl halides is 2. The summed E-state index contributed by atoms with van der Waals surface area (Å²) in [5.74, 6) is 0.507. The van der Waals surface area contributed by atoms with Gasteiger partial charge in [-0.2, -0.15) is 0 Å². The van der Waals surface area contributed by atoms with Crippen LogP contribution in [0.1, 0.15) is 32.1 Å². The summed E-state index contributed by atoms with van der Waals surface area (Å²) in [7, 11) is 0. The highest BCUT2D eigenvalue weighted by Crippen LogP contribution is 2.26. The summed E-state index contributed by atoms with van der Waals surface area (Å²) in [4.78, 5) is 0. The molecule has 14 heavy (non-hydrogen) atoms. The third kappa shape index (κ3) is 3.88. The summed E-state index contributed by atoms with van der Waals surface area (Å²) in [5, 5.41) is 2.86. The SMILES string of the molecule is NCC(NCC(F)F)C1CCCCC1. The van der Waals surface area contributed by atoms with Gasteiger partial charge in [0.05, 0.1) is 6.54 Å². The minimum Gasteiger partial charge on any atom is -0.329 e. The van der Waals surface area contributed by atoms with E-state index in [1.165, 1.54) is 19.3 Å². The van der Waals surface area contributed by atoms with E-state index in [1.54, 1.807) is 0 Å². The van der Waals surface area contributed by atoms with Crippen molar-refractivity contribution < 1.29 is 8.78 Å². The molecule has 1 saturated carbocycles. The molecule has 0 amide bonds. The number of rotatable bonds is 5. The zero-order chi connectivity index (χ0) is 10.4. The van der Waals surface area contributed by atoms with Crippen LogP contribution in [0.3, 0.4) is 0 Å². The number of hydrogen-bond acceptors (Lipinski definition) is 2. The second kappa shape index (κ2) is 6.30. The van der Waals surface area contributed by atoms with Gasteiger partial charge in [0, 0.05) is 12.6 Å². The summed E-state index contributed by atoms with van der Waals surface area (Å²) in [6.45, 7) is 0.246. The third-order valence-electron chi connectivity index (χ3n) is 3.01. The molecule has 1 rings (SSSR count). The van der Waals surface area contributed by atoms with E-state index in [9.17, 15) is 8.78 Å². The van der Waals surface area contributed by atoms with Crippen molar-refractivity contribution in [3.8, 4) is 0 Å². The van der Waals surface area contributed by atoms with E-state index < -0.39 is 6.43 Å². The van der Waals surface area contributed by atoms with Gasteiger partial charge >= 0.3 is 0 Å². The molecular weight excluding hydrogens is 186 g/mol. The fourth-order valence-corrected chi connectivity index (χ4v) is 2.22. The van der Waals surface area contributed by atoms with Crippen LogP contribution in [0, 0.1) is 5.92 Å². The van der Waals surface area contributed by atoms with Crippen LogP contribution in [0.15, 0.2) is 0 Å². The van der Waals surface area contributed by atoms with Crippen LogP contribution in [-0.4, -0.2) is 25.6 Å². The molecule has 0 aliphatic heterocycles. The Morgan fingerprint density at radius 2 is 1.86 bits per heavy atom. The molecule has 1 unspecified atom stereocenters. The predicted octanol–water partition coefficient (Wildman–Crippen LogP) is 1.75. The van der Waals surface area contributed by atoms with Gasteiger partial charge in [-0.15, -0.1) is 0 Å². The van der Waals surface area contributed by atoms with Gasteiger partial charge in [0.25, 0.3) is 6.43 Å². The molecular formula is C10H20F2N2. The fourth-order valence-electron chi connectivity index (χ4n) is 2.22. The van der Waals surface area contributed by atoms with Crippen molar-refractivity contribution in [1.82, 2.24) is 5.32 Å². The summed E-state index contributed by atoms with van der Waals surface area (Å²) >= 11 is 0. The van der Waals surface area contributed by atoms with Gasteiger partial charge in [0.2, 0.25) is 0 Å². The van der Waals surface area contributed by atoms with Gasteiger partial charge < -0.3 is 11.1 Å². The lowest BCUT2D eigenvalue weighted by Crippen LogP contribution is -2.44. The van der Waals surface area contributed by atoms with Gasteiger partial charge in [-0.25, -0.2) is 8.78 Å². The van der Waals surface area contributed by atoms with Crippen LogP contribution in [0.4, 0.5) is 8.78 Å². The number of halogens is 2. The van der Waals surface area contributed by atoms with Crippen molar-refractivity contribution in [3.05, 3.63) is 0 Å². The van der Waals surface area contributed by atoms with E-state index in [1.807, 2.05) is 0 Å². The summed E-state index contributed by atoms with van der Waals surface area (Å²) in [6.07, 6.45) is 3.72. The Labute approximate surface area is 84.2 Å². The summed E-state index contributed by atoms with van der Waals surface area (Å²) < 4.78 is 24.0. The van der Waals surface area contributed by atoms with Crippen LogP contribution in [-0.2, 0) is 0 Å². The molecule has 1 aliphatic rings. The monoisotopic (exact) mass is 206 g/mol. The van der Waals surface area contributed by atoms with Crippen LogP contribution in [0.25, 0.3) is 0 Å². The lowest BCUT2D eigenvalue weighted by atomic mass is 9.84. The lowest BCUT2D eigenvalue weighted by molar-refractivity contribution is 0.133. The minimum absolute atomic E-state index is 0.0873. The van der Waals surface area contributed by atoms with E-state index in [-0.39, 0.29) is 12.6 Å². The highest BCUT2D eigenvalue weighted by atomic mass is 19.3. The van der Waals surface area contributed by atoms with Gasteiger partial charge in [0.15, 0.2) is 0 Å². The van der Waals surface area contributed by atoms with Crippen LogP contribution in [0.5, 0.6) is 0 Å². The second-order valence-electron chi connectivity index (χ2n) is 4.04. The van der Waals surface area contributed by atoms with E-state index in [0.29, 0.717) is 12.5 Å². The van der Waals surface area contributed by atoms with Gasteiger partial charge in [-0.05, 0) is 18.8 Å². The Hall–Kier alpha value is -0.220. The Balaban J connectivity index is 2.28. The molecule has 0 aromatic heterocycles. The first-order valence-corrected chi connectivity index (χ1v) is 5.45. The molecule has 4 heteroatoms. The molecule has 2 nitrogen and oxygen atoms in total. The van der Waals surface area contributed by atoms with Gasteiger partial charge in [0.1, 0.15) is 0 Å². The predicted molar refractivity (Wildman–Crippen MR) is 53.4 cm³/mol. The van der Waals surface area contributed by atoms with Gasteiger partial charge in [-0.1, -0.05) is 19.3 Å². The first-order valence-electron chi connectivity index (χ1n) is 5.45. The molecule has 3 N–H and O–H groups in total. The molecule has 84 valence electrons. The maximum Gasteiger partial charge on any atom is 0.250 e. The van der Waals surface area contributed by atoms with Crippen LogP contribution >= 0.6 is 0 Å². The molecule has 0 saturated heterocycles. The van der Waals surface area contributed by atoms with Crippen molar-refractivity contribution >= 4 is 0 Å². The third-order valence-corrected chi connectivity index (χ3v) is 3.01. The van der Waals surface area contributed by atoms with E-state index >= 15 is 0 Å². The Morgan fingerprint density at radius 1 is 1.21 bits per heavy atom. The molecule has 0 spiro atoms. The second-order valence-corrected chi connectivity index (χ2v) is 4.04. The van der Waals surface area contributed by atoms with E-state index in [4.69, 9.17) is 5.73 Å². The highest BCUT2D eigenvalue weighted by Gasteiger charge is 2.22. The molecule has 0 radical (unpaired) electrons. The Kier molecular flexibility index (Phi) is 5.33. The molecule has 0 heterocycles. The van der Waals surface area contributed by atoms with Crippen LogP contribution in [0.2, 0.25) is 0 Å². The average Bonchev–Trinajstić information content (AvgIpc) is 2.20. The van der Waals surface area contributed by atoms with Crippen molar-refractivity contribution in [2.75, 3.05) is 13.1 Å². The summed E-state index contributed by atoms with van der Waals surface area (Å²) in [6, 6.07) is 0.0873. The summed E-state index contributed by atoms with van der Waals surface area (Å²) in [5.41, 5.74) is 5.58. The van der Waals surface area contributed by atoms with Crippen molar-refractivity contribution in [2.45, 2.75) is 44.6 Å². The first kappa shape index (κ1) is 11.9. The van der Waals surface area contributed by atoms with Crippen LogP contribution < -0.4 is 11.1 Å². The molecule has 1 aliphatic carbocycles. The first-order chi connectivity index (χ1) is 6.74. The maximum atomic E-state index is 12.0. The minimum atomic E-state index is -2.27.